The van der Waals surface area contributed by atoms with Crippen molar-refractivity contribution in [2.24, 2.45) is 0 Å². The number of thiocarbonyl (C=S) groups is 1. The fourth-order valence-electron chi connectivity index (χ4n) is 5.10. The van der Waals surface area contributed by atoms with Gasteiger partial charge in [-0.2, -0.15) is 0 Å². The molecule has 0 radical (unpaired) electrons. The average Bonchev–Trinajstić information content (AvgIpc) is 3.67. The third-order valence-corrected chi connectivity index (χ3v) is 7.10. The van der Waals surface area contributed by atoms with Crippen LogP contribution in [0, 0.1) is 0 Å². The standard InChI is InChI=1S/C29H28N4O2S/c36-29-31-27(25-11-4-5-17-30-25)28(26-12-6-18-32(26)20-24-10-7-19-34-24)33(29)21-13-15-23(16-14-21)35-22-8-2-1-3-9-22/h1-6,8-9,11-18,24,27-28H,7,10,19-20H2,(H,31,36). The predicted octanol–water partition coefficient (Wildman–Crippen LogP) is 6.03. The Hall–Kier alpha value is -3.68. The molecule has 0 bridgehead atoms. The molecular formula is C29H28N4O2S. The lowest BCUT2D eigenvalue weighted by atomic mass is 10.0. The molecule has 0 aliphatic carbocycles. The monoisotopic (exact) mass is 496 g/mol. The van der Waals surface area contributed by atoms with E-state index in [1.54, 1.807) is 0 Å². The van der Waals surface area contributed by atoms with Gasteiger partial charge in [0.15, 0.2) is 5.11 Å². The quantitative estimate of drug-likeness (QED) is 0.315. The van der Waals surface area contributed by atoms with E-state index in [-0.39, 0.29) is 18.2 Å². The maximum Gasteiger partial charge on any atom is 0.174 e. The summed E-state index contributed by atoms with van der Waals surface area (Å²) in [5.41, 5.74) is 3.14. The smallest absolute Gasteiger partial charge is 0.174 e. The number of ether oxygens (including phenoxy) is 2. The van der Waals surface area contributed by atoms with Gasteiger partial charge in [0.2, 0.25) is 0 Å². The Bertz CT molecular complexity index is 1300. The molecule has 0 spiro atoms. The largest absolute Gasteiger partial charge is 0.457 e. The number of rotatable bonds is 7. The number of aromatic nitrogens is 2. The summed E-state index contributed by atoms with van der Waals surface area (Å²) in [5.74, 6) is 1.59. The second kappa shape index (κ2) is 10.1. The first-order valence-electron chi connectivity index (χ1n) is 12.4. The predicted molar refractivity (Wildman–Crippen MR) is 144 cm³/mol. The summed E-state index contributed by atoms with van der Waals surface area (Å²) in [7, 11) is 0. The maximum atomic E-state index is 6.01. The molecule has 0 saturated carbocycles. The van der Waals surface area contributed by atoms with Gasteiger partial charge in [0.25, 0.3) is 0 Å². The van der Waals surface area contributed by atoms with Gasteiger partial charge >= 0.3 is 0 Å². The Kier molecular flexibility index (Phi) is 6.40. The normalized spacial score (nSPS) is 21.5. The first-order chi connectivity index (χ1) is 17.8. The summed E-state index contributed by atoms with van der Waals surface area (Å²) in [6.07, 6.45) is 6.43. The maximum absolute atomic E-state index is 6.01. The zero-order valence-electron chi connectivity index (χ0n) is 19.9. The van der Waals surface area contributed by atoms with E-state index < -0.39 is 0 Å². The van der Waals surface area contributed by atoms with Crippen LogP contribution < -0.4 is 15.0 Å². The molecule has 2 aromatic carbocycles. The highest BCUT2D eigenvalue weighted by atomic mass is 32.1. The molecule has 2 aromatic heterocycles. The molecule has 3 atom stereocenters. The number of para-hydroxylation sites is 1. The van der Waals surface area contributed by atoms with E-state index >= 15 is 0 Å². The Morgan fingerprint density at radius 3 is 2.50 bits per heavy atom. The number of hydrogen-bond acceptors (Lipinski definition) is 4. The number of anilines is 1. The van der Waals surface area contributed by atoms with Crippen molar-refractivity contribution < 1.29 is 9.47 Å². The molecule has 182 valence electrons. The Morgan fingerprint density at radius 1 is 0.944 bits per heavy atom. The van der Waals surface area contributed by atoms with Crippen LogP contribution in [0.3, 0.4) is 0 Å². The van der Waals surface area contributed by atoms with Gasteiger partial charge in [-0.1, -0.05) is 24.3 Å². The van der Waals surface area contributed by atoms with Gasteiger partial charge in [0, 0.05) is 36.9 Å². The zero-order chi connectivity index (χ0) is 24.3. The van der Waals surface area contributed by atoms with Crippen LogP contribution in [0.5, 0.6) is 11.5 Å². The molecule has 1 N–H and O–H groups in total. The fourth-order valence-corrected chi connectivity index (χ4v) is 5.45. The molecular weight excluding hydrogens is 468 g/mol. The van der Waals surface area contributed by atoms with Crippen LogP contribution >= 0.6 is 12.2 Å². The highest BCUT2D eigenvalue weighted by Crippen LogP contribution is 2.42. The van der Waals surface area contributed by atoms with Crippen molar-refractivity contribution in [1.82, 2.24) is 14.9 Å². The Morgan fingerprint density at radius 2 is 1.75 bits per heavy atom. The molecule has 0 amide bonds. The second-order valence-electron chi connectivity index (χ2n) is 9.13. The van der Waals surface area contributed by atoms with Crippen LogP contribution in [0.15, 0.2) is 97.3 Å². The van der Waals surface area contributed by atoms with Crippen molar-refractivity contribution in [2.75, 3.05) is 11.5 Å². The van der Waals surface area contributed by atoms with E-state index in [1.165, 1.54) is 5.69 Å². The average molecular weight is 497 g/mol. The number of nitrogens with zero attached hydrogens (tertiary/aromatic N) is 3. The van der Waals surface area contributed by atoms with E-state index in [0.29, 0.717) is 5.11 Å². The van der Waals surface area contributed by atoms with E-state index in [0.717, 1.165) is 48.9 Å². The van der Waals surface area contributed by atoms with Gasteiger partial charge in [0.1, 0.15) is 17.5 Å². The minimum absolute atomic E-state index is 0.0651. The second-order valence-corrected chi connectivity index (χ2v) is 9.51. The van der Waals surface area contributed by atoms with Crippen LogP contribution in [-0.2, 0) is 11.3 Å². The molecule has 2 aliphatic heterocycles. The number of pyridine rings is 1. The number of nitrogens with one attached hydrogen (secondary N) is 1. The first kappa shape index (κ1) is 22.8. The van der Waals surface area contributed by atoms with Crippen LogP contribution in [-0.4, -0.2) is 27.4 Å². The molecule has 3 unspecified atom stereocenters. The van der Waals surface area contributed by atoms with Gasteiger partial charge < -0.3 is 24.3 Å². The van der Waals surface area contributed by atoms with Crippen LogP contribution in [0.25, 0.3) is 0 Å². The van der Waals surface area contributed by atoms with Crippen LogP contribution in [0.1, 0.15) is 36.3 Å². The lowest BCUT2D eigenvalue weighted by molar-refractivity contribution is 0.0961. The molecule has 6 rings (SSSR count). The van der Waals surface area contributed by atoms with Gasteiger partial charge in [-0.05, 0) is 85.7 Å². The van der Waals surface area contributed by atoms with Crippen molar-refractivity contribution in [1.29, 1.82) is 0 Å². The highest BCUT2D eigenvalue weighted by Gasteiger charge is 2.42. The number of hydrogen-bond donors (Lipinski definition) is 1. The van der Waals surface area contributed by atoms with Crippen molar-refractivity contribution >= 4 is 23.0 Å². The number of benzene rings is 2. The molecule has 36 heavy (non-hydrogen) atoms. The van der Waals surface area contributed by atoms with Crippen molar-refractivity contribution in [3.05, 3.63) is 109 Å². The molecule has 2 fully saturated rings. The zero-order valence-corrected chi connectivity index (χ0v) is 20.7. The highest BCUT2D eigenvalue weighted by molar-refractivity contribution is 7.80. The van der Waals surface area contributed by atoms with Crippen molar-refractivity contribution in [3.8, 4) is 11.5 Å². The minimum Gasteiger partial charge on any atom is -0.457 e. The summed E-state index contributed by atoms with van der Waals surface area (Å²) < 4.78 is 14.3. The van der Waals surface area contributed by atoms with Gasteiger partial charge in [0.05, 0.1) is 17.8 Å². The van der Waals surface area contributed by atoms with Gasteiger partial charge in [-0.15, -0.1) is 0 Å². The van der Waals surface area contributed by atoms with Gasteiger partial charge in [-0.3, -0.25) is 4.98 Å². The molecule has 6 nitrogen and oxygen atoms in total. The Labute approximate surface area is 216 Å². The van der Waals surface area contributed by atoms with E-state index in [1.807, 2.05) is 60.8 Å². The van der Waals surface area contributed by atoms with E-state index in [2.05, 4.69) is 56.3 Å². The van der Waals surface area contributed by atoms with E-state index in [4.69, 9.17) is 21.7 Å². The van der Waals surface area contributed by atoms with Crippen molar-refractivity contribution in [3.63, 3.8) is 0 Å². The Balaban J connectivity index is 1.34. The fraction of sp³-hybridized carbons (Fsp3) is 0.241. The lowest BCUT2D eigenvalue weighted by Crippen LogP contribution is -2.31. The molecule has 4 aromatic rings. The summed E-state index contributed by atoms with van der Waals surface area (Å²) in [6.45, 7) is 1.68. The molecule has 7 heteroatoms. The SMILES string of the molecule is S=C1NC(c2ccccn2)C(c2cccn2CC2CCCO2)N1c1ccc(Oc2ccccc2)cc1. The lowest BCUT2D eigenvalue weighted by Gasteiger charge is -2.29. The van der Waals surface area contributed by atoms with Crippen LogP contribution in [0.4, 0.5) is 5.69 Å². The molecule has 2 aliphatic rings. The minimum atomic E-state index is -0.0860. The summed E-state index contributed by atoms with van der Waals surface area (Å²) in [4.78, 5) is 6.87. The van der Waals surface area contributed by atoms with Gasteiger partial charge in [-0.25, -0.2) is 0 Å². The summed E-state index contributed by atoms with van der Waals surface area (Å²) >= 11 is 5.90. The van der Waals surface area contributed by atoms with E-state index in [9.17, 15) is 0 Å². The van der Waals surface area contributed by atoms with Crippen molar-refractivity contribution in [2.45, 2.75) is 37.6 Å². The van der Waals surface area contributed by atoms with Crippen LogP contribution in [0.2, 0.25) is 0 Å². The topological polar surface area (TPSA) is 51.5 Å². The molecule has 4 heterocycles. The third kappa shape index (κ3) is 4.59. The first-order valence-corrected chi connectivity index (χ1v) is 12.8. The third-order valence-electron chi connectivity index (χ3n) is 6.78. The molecule has 2 saturated heterocycles. The summed E-state index contributed by atoms with van der Waals surface area (Å²) in [5, 5.41) is 4.23. The summed E-state index contributed by atoms with van der Waals surface area (Å²) in [6, 6.07) is 28.1.